The van der Waals surface area contributed by atoms with Crippen LogP contribution < -0.4 is 15.4 Å². The predicted octanol–water partition coefficient (Wildman–Crippen LogP) is 5.06. The molecule has 0 aliphatic carbocycles. The van der Waals surface area contributed by atoms with Crippen molar-refractivity contribution in [1.82, 2.24) is 5.32 Å². The lowest BCUT2D eigenvalue weighted by Gasteiger charge is -2.16. The zero-order valence-corrected chi connectivity index (χ0v) is 16.1. The van der Waals surface area contributed by atoms with Gasteiger partial charge in [0, 0.05) is 22.2 Å². The van der Waals surface area contributed by atoms with Gasteiger partial charge in [-0.3, -0.25) is 0 Å². The van der Waals surface area contributed by atoms with Crippen LogP contribution >= 0.6 is 35.6 Å². The third kappa shape index (κ3) is 6.23. The van der Waals surface area contributed by atoms with E-state index < -0.39 is 0 Å². The summed E-state index contributed by atoms with van der Waals surface area (Å²) >= 11 is 13.1. The van der Waals surface area contributed by atoms with Gasteiger partial charge in [0.05, 0.1) is 12.8 Å². The lowest BCUT2D eigenvalue weighted by Crippen LogP contribution is -2.32. The quantitative estimate of drug-likeness (QED) is 0.518. The molecule has 2 N–H and O–H groups in total. The summed E-state index contributed by atoms with van der Waals surface area (Å²) in [5.74, 6) is 2.25. The zero-order valence-electron chi connectivity index (χ0n) is 13.7. The van der Waals surface area contributed by atoms with Crippen LogP contribution in [0.15, 0.2) is 53.4 Å². The van der Waals surface area contributed by atoms with Crippen LogP contribution in [-0.2, 0) is 0 Å². The molecule has 0 radical (unpaired) electrons. The average molecular weight is 381 g/mol. The summed E-state index contributed by atoms with van der Waals surface area (Å²) in [5.41, 5.74) is 0.862. The largest absolute Gasteiger partial charge is 0.495 e. The summed E-state index contributed by atoms with van der Waals surface area (Å²) < 4.78 is 5.31. The molecule has 24 heavy (non-hydrogen) atoms. The number of anilines is 1. The highest BCUT2D eigenvalue weighted by atomic mass is 35.5. The molecule has 0 heterocycles. The Balaban J connectivity index is 1.73. The number of nitrogens with one attached hydrogen (secondary N) is 2. The Morgan fingerprint density at radius 2 is 1.92 bits per heavy atom. The summed E-state index contributed by atoms with van der Waals surface area (Å²) in [4.78, 5) is 1.22. The molecule has 0 unspecified atom stereocenters. The van der Waals surface area contributed by atoms with Crippen molar-refractivity contribution in [3.8, 4) is 5.75 Å². The Morgan fingerprint density at radius 3 is 2.62 bits per heavy atom. The standard InChI is InChI=1S/C18H21ClN2OS2/c1-13(12-24-15-9-7-14(19)8-10-15)11-20-18(23)21-16-5-3-4-6-17(16)22-2/h3-10,13H,11-12H2,1-2H3,(H2,20,21,23)/t13-/m1/s1. The fraction of sp³-hybridized carbons (Fsp3) is 0.278. The number of rotatable bonds is 7. The minimum absolute atomic E-state index is 0.475. The highest BCUT2D eigenvalue weighted by molar-refractivity contribution is 7.99. The van der Waals surface area contributed by atoms with Crippen LogP contribution in [0.1, 0.15) is 6.92 Å². The van der Waals surface area contributed by atoms with E-state index in [0.717, 1.165) is 28.8 Å². The second-order valence-electron chi connectivity index (χ2n) is 5.41. The molecule has 0 saturated heterocycles. The molecule has 0 fully saturated rings. The summed E-state index contributed by atoms with van der Waals surface area (Å²) in [5, 5.41) is 7.79. The molecular weight excluding hydrogens is 360 g/mol. The SMILES string of the molecule is COc1ccccc1NC(=S)NC[C@@H](C)CSc1ccc(Cl)cc1. The van der Waals surface area contributed by atoms with Crippen LogP contribution in [0.5, 0.6) is 5.75 Å². The normalized spacial score (nSPS) is 11.6. The van der Waals surface area contributed by atoms with E-state index in [4.69, 9.17) is 28.6 Å². The molecule has 0 spiro atoms. The number of hydrogen-bond donors (Lipinski definition) is 2. The molecule has 0 saturated carbocycles. The van der Waals surface area contributed by atoms with E-state index in [2.05, 4.69) is 17.6 Å². The highest BCUT2D eigenvalue weighted by Crippen LogP contribution is 2.23. The highest BCUT2D eigenvalue weighted by Gasteiger charge is 2.07. The van der Waals surface area contributed by atoms with Crippen molar-refractivity contribution < 1.29 is 4.74 Å². The first-order chi connectivity index (χ1) is 11.6. The van der Waals surface area contributed by atoms with Gasteiger partial charge in [0.25, 0.3) is 0 Å². The fourth-order valence-electron chi connectivity index (χ4n) is 2.01. The molecule has 0 aromatic heterocycles. The van der Waals surface area contributed by atoms with Crippen molar-refractivity contribution >= 4 is 46.4 Å². The monoisotopic (exact) mass is 380 g/mol. The summed E-state index contributed by atoms with van der Waals surface area (Å²) in [6.45, 7) is 3.00. The molecule has 2 aromatic rings. The van der Waals surface area contributed by atoms with Gasteiger partial charge in [0.1, 0.15) is 5.75 Å². The van der Waals surface area contributed by atoms with E-state index in [1.165, 1.54) is 4.90 Å². The smallest absolute Gasteiger partial charge is 0.170 e. The Bertz CT molecular complexity index is 664. The third-order valence-electron chi connectivity index (χ3n) is 3.31. The van der Waals surface area contributed by atoms with Gasteiger partial charge in [-0.1, -0.05) is 30.7 Å². The van der Waals surface area contributed by atoms with Crippen LogP contribution in [0.4, 0.5) is 5.69 Å². The summed E-state index contributed by atoms with van der Waals surface area (Å²) in [6, 6.07) is 15.6. The van der Waals surface area contributed by atoms with Gasteiger partial charge in [-0.2, -0.15) is 0 Å². The number of methoxy groups -OCH3 is 1. The second-order valence-corrected chi connectivity index (χ2v) is 7.34. The second kappa shape index (κ2) is 9.77. The van der Waals surface area contributed by atoms with Crippen molar-refractivity contribution in [3.05, 3.63) is 53.6 Å². The number of thiocarbonyl (C=S) groups is 1. The van der Waals surface area contributed by atoms with Gasteiger partial charge in [0.15, 0.2) is 5.11 Å². The van der Waals surface area contributed by atoms with Crippen LogP contribution in [0, 0.1) is 5.92 Å². The number of para-hydroxylation sites is 2. The molecule has 2 aromatic carbocycles. The van der Waals surface area contributed by atoms with Crippen LogP contribution in [-0.4, -0.2) is 24.5 Å². The lowest BCUT2D eigenvalue weighted by molar-refractivity contribution is 0.417. The number of hydrogen-bond acceptors (Lipinski definition) is 3. The first-order valence-corrected chi connectivity index (χ1v) is 9.42. The Kier molecular flexibility index (Phi) is 7.69. The first-order valence-electron chi connectivity index (χ1n) is 7.64. The van der Waals surface area contributed by atoms with Crippen molar-refractivity contribution in [2.24, 2.45) is 5.92 Å². The van der Waals surface area contributed by atoms with Crippen LogP contribution in [0.25, 0.3) is 0 Å². The van der Waals surface area contributed by atoms with Crippen molar-refractivity contribution in [2.75, 3.05) is 24.7 Å². The maximum absolute atomic E-state index is 5.90. The van der Waals surface area contributed by atoms with E-state index in [1.807, 2.05) is 60.3 Å². The Hall–Kier alpha value is -1.43. The summed E-state index contributed by atoms with van der Waals surface area (Å²) in [7, 11) is 1.65. The summed E-state index contributed by atoms with van der Waals surface area (Å²) in [6.07, 6.45) is 0. The molecular formula is C18H21ClN2OS2. The van der Waals surface area contributed by atoms with Crippen molar-refractivity contribution in [1.29, 1.82) is 0 Å². The van der Waals surface area contributed by atoms with Gasteiger partial charge in [-0.05, 0) is 54.5 Å². The van der Waals surface area contributed by atoms with E-state index in [0.29, 0.717) is 11.0 Å². The van der Waals surface area contributed by atoms with E-state index in [9.17, 15) is 0 Å². The predicted molar refractivity (Wildman–Crippen MR) is 109 cm³/mol. The topological polar surface area (TPSA) is 33.3 Å². The van der Waals surface area contributed by atoms with Gasteiger partial charge in [0.2, 0.25) is 0 Å². The van der Waals surface area contributed by atoms with Gasteiger partial charge in [-0.15, -0.1) is 11.8 Å². The van der Waals surface area contributed by atoms with Gasteiger partial charge in [-0.25, -0.2) is 0 Å². The average Bonchev–Trinajstić information content (AvgIpc) is 2.60. The Labute approximate surface area is 158 Å². The molecule has 0 aliphatic rings. The van der Waals surface area contributed by atoms with Gasteiger partial charge < -0.3 is 15.4 Å². The molecule has 1 atom stereocenters. The van der Waals surface area contributed by atoms with Crippen LogP contribution in [0.3, 0.4) is 0 Å². The molecule has 2 rings (SSSR count). The molecule has 3 nitrogen and oxygen atoms in total. The minimum Gasteiger partial charge on any atom is -0.495 e. The molecule has 128 valence electrons. The lowest BCUT2D eigenvalue weighted by atomic mass is 10.2. The molecule has 6 heteroatoms. The zero-order chi connectivity index (χ0) is 17.4. The van der Waals surface area contributed by atoms with Crippen molar-refractivity contribution in [3.63, 3.8) is 0 Å². The van der Waals surface area contributed by atoms with Crippen LogP contribution in [0.2, 0.25) is 5.02 Å². The molecule has 0 amide bonds. The fourth-order valence-corrected chi connectivity index (χ4v) is 3.25. The van der Waals surface area contributed by atoms with Gasteiger partial charge >= 0.3 is 0 Å². The first kappa shape index (κ1) is 18.9. The van der Waals surface area contributed by atoms with E-state index in [-0.39, 0.29) is 0 Å². The third-order valence-corrected chi connectivity index (χ3v) is 5.15. The number of thioether (sulfide) groups is 1. The Morgan fingerprint density at radius 1 is 1.21 bits per heavy atom. The number of benzene rings is 2. The van der Waals surface area contributed by atoms with E-state index >= 15 is 0 Å². The number of ether oxygens (including phenoxy) is 1. The number of halogens is 1. The molecule has 0 aliphatic heterocycles. The minimum atomic E-state index is 0.475. The molecule has 0 bridgehead atoms. The maximum Gasteiger partial charge on any atom is 0.170 e. The maximum atomic E-state index is 5.90. The van der Waals surface area contributed by atoms with Crippen molar-refractivity contribution in [2.45, 2.75) is 11.8 Å². The van der Waals surface area contributed by atoms with E-state index in [1.54, 1.807) is 7.11 Å².